The van der Waals surface area contributed by atoms with Crippen molar-refractivity contribution in [2.24, 2.45) is 5.92 Å². The van der Waals surface area contributed by atoms with Crippen LogP contribution in [0.1, 0.15) is 45.0 Å². The number of imidazole rings is 1. The molecule has 26 heavy (non-hydrogen) atoms. The molecule has 1 saturated heterocycles. The average Bonchev–Trinajstić information content (AvgIpc) is 3.09. The third kappa shape index (κ3) is 5.47. The molecule has 1 N–H and O–H groups in total. The van der Waals surface area contributed by atoms with Crippen LogP contribution in [-0.4, -0.2) is 53.6 Å². The molecule has 0 unspecified atom stereocenters. The number of unbranched alkanes of at least 4 members (excludes halogenated alkanes) is 1. The summed E-state index contributed by atoms with van der Waals surface area (Å²) in [6, 6.07) is 0. The first kappa shape index (κ1) is 20.8. The second-order valence-corrected chi connectivity index (χ2v) is 8.50. The highest BCUT2D eigenvalue weighted by Gasteiger charge is 2.30. The minimum atomic E-state index is -3.23. The highest BCUT2D eigenvalue weighted by molar-refractivity contribution is 7.89. The number of aromatic nitrogens is 2. The van der Waals surface area contributed by atoms with E-state index in [1.807, 2.05) is 6.92 Å². The Hall–Kier alpha value is -1.55. The van der Waals surface area contributed by atoms with Gasteiger partial charge in [-0.3, -0.25) is 9.36 Å². The molecule has 7 nitrogen and oxygen atoms in total. The molecular formula is C16H26F2N4O3S. The van der Waals surface area contributed by atoms with E-state index in [4.69, 9.17) is 0 Å². The number of hydrogen-bond acceptors (Lipinski definition) is 4. The highest BCUT2D eigenvalue weighted by Crippen LogP contribution is 2.20. The average molecular weight is 392 g/mol. The SMILES string of the molecule is CCCCS(=O)(=O)N1CCC(C(=O)NCCc2nccn2C(F)F)CC1. The first-order valence-electron chi connectivity index (χ1n) is 8.90. The summed E-state index contributed by atoms with van der Waals surface area (Å²) < 4.78 is 52.0. The quantitative estimate of drug-likeness (QED) is 0.694. The van der Waals surface area contributed by atoms with E-state index < -0.39 is 16.6 Å². The van der Waals surface area contributed by atoms with Gasteiger partial charge in [-0.1, -0.05) is 13.3 Å². The number of rotatable bonds is 9. The van der Waals surface area contributed by atoms with Gasteiger partial charge < -0.3 is 5.32 Å². The summed E-state index contributed by atoms with van der Waals surface area (Å²) in [5.41, 5.74) is 0. The standard InChI is InChI=1S/C16H26F2N4O3S/c1-2-3-12-26(24,25)21-9-5-13(6-10-21)15(23)20-7-4-14-19-8-11-22(14)16(17)18/h8,11,13,16H,2-7,9-10,12H2,1H3,(H,20,23). The molecular weight excluding hydrogens is 366 g/mol. The van der Waals surface area contributed by atoms with Crippen molar-refractivity contribution < 1.29 is 22.0 Å². The fourth-order valence-electron chi connectivity index (χ4n) is 3.01. The van der Waals surface area contributed by atoms with Crippen LogP contribution < -0.4 is 5.32 Å². The monoisotopic (exact) mass is 392 g/mol. The predicted molar refractivity (Wildman–Crippen MR) is 93.2 cm³/mol. The van der Waals surface area contributed by atoms with Gasteiger partial charge >= 0.3 is 6.55 Å². The molecule has 0 aliphatic carbocycles. The molecule has 1 aliphatic rings. The van der Waals surface area contributed by atoms with Gasteiger partial charge in [0.1, 0.15) is 5.82 Å². The van der Waals surface area contributed by atoms with Crippen LogP contribution in [0.2, 0.25) is 0 Å². The van der Waals surface area contributed by atoms with Gasteiger partial charge in [0, 0.05) is 44.4 Å². The van der Waals surface area contributed by atoms with Gasteiger partial charge in [0.05, 0.1) is 5.75 Å². The van der Waals surface area contributed by atoms with E-state index in [9.17, 15) is 22.0 Å². The van der Waals surface area contributed by atoms with Gasteiger partial charge in [0.15, 0.2) is 0 Å². The van der Waals surface area contributed by atoms with Crippen LogP contribution in [-0.2, 0) is 21.2 Å². The molecule has 0 atom stereocenters. The first-order valence-corrected chi connectivity index (χ1v) is 10.5. The summed E-state index contributed by atoms with van der Waals surface area (Å²) in [5, 5.41) is 2.74. The van der Waals surface area contributed by atoms with Crippen LogP contribution in [0.4, 0.5) is 8.78 Å². The number of alkyl halides is 2. The van der Waals surface area contributed by atoms with Crippen molar-refractivity contribution in [1.29, 1.82) is 0 Å². The van der Waals surface area contributed by atoms with Crippen molar-refractivity contribution >= 4 is 15.9 Å². The summed E-state index contributed by atoms with van der Waals surface area (Å²) in [4.78, 5) is 16.1. The van der Waals surface area contributed by atoms with E-state index in [1.165, 1.54) is 16.7 Å². The van der Waals surface area contributed by atoms with Crippen LogP contribution in [0, 0.1) is 5.92 Å². The summed E-state index contributed by atoms with van der Waals surface area (Å²) in [7, 11) is -3.23. The fourth-order valence-corrected chi connectivity index (χ4v) is 4.69. The second-order valence-electron chi connectivity index (χ2n) is 6.41. The Morgan fingerprint density at radius 3 is 2.69 bits per heavy atom. The molecule has 1 amide bonds. The molecule has 148 valence electrons. The van der Waals surface area contributed by atoms with Crippen molar-refractivity contribution in [3.05, 3.63) is 18.2 Å². The van der Waals surface area contributed by atoms with Gasteiger partial charge in [-0.05, 0) is 19.3 Å². The lowest BCUT2D eigenvalue weighted by Gasteiger charge is -2.30. The lowest BCUT2D eigenvalue weighted by molar-refractivity contribution is -0.126. The largest absolute Gasteiger partial charge is 0.355 e. The zero-order chi connectivity index (χ0) is 19.2. The number of carbonyl (C=O) groups excluding carboxylic acids is 1. The lowest BCUT2D eigenvalue weighted by Crippen LogP contribution is -2.44. The summed E-state index contributed by atoms with van der Waals surface area (Å²) in [6.45, 7) is 0.208. The number of halogens is 2. The van der Waals surface area contributed by atoms with E-state index in [0.29, 0.717) is 32.4 Å². The minimum Gasteiger partial charge on any atom is -0.355 e. The molecule has 0 bridgehead atoms. The van der Waals surface area contributed by atoms with Gasteiger partial charge in [-0.15, -0.1) is 0 Å². The Morgan fingerprint density at radius 1 is 1.38 bits per heavy atom. The summed E-state index contributed by atoms with van der Waals surface area (Å²) in [6.07, 6.45) is 5.13. The molecule has 0 spiro atoms. The number of piperidine rings is 1. The maximum absolute atomic E-state index is 12.7. The Balaban J connectivity index is 1.75. The lowest BCUT2D eigenvalue weighted by atomic mass is 9.97. The predicted octanol–water partition coefficient (Wildman–Crippen LogP) is 1.78. The van der Waals surface area contributed by atoms with Crippen molar-refractivity contribution in [3.8, 4) is 0 Å². The van der Waals surface area contributed by atoms with Gasteiger partial charge in [-0.25, -0.2) is 17.7 Å². The zero-order valence-electron chi connectivity index (χ0n) is 14.9. The summed E-state index contributed by atoms with van der Waals surface area (Å²) >= 11 is 0. The number of hydrogen-bond donors (Lipinski definition) is 1. The third-order valence-electron chi connectivity index (χ3n) is 4.58. The van der Waals surface area contributed by atoms with Crippen molar-refractivity contribution in [2.45, 2.75) is 45.6 Å². The molecule has 1 aromatic heterocycles. The van der Waals surface area contributed by atoms with Crippen LogP contribution in [0.3, 0.4) is 0 Å². The molecule has 0 saturated carbocycles. The fraction of sp³-hybridized carbons (Fsp3) is 0.750. The van der Waals surface area contributed by atoms with E-state index in [-0.39, 0.29) is 36.4 Å². The van der Waals surface area contributed by atoms with Gasteiger partial charge in [0.2, 0.25) is 15.9 Å². The van der Waals surface area contributed by atoms with E-state index in [2.05, 4.69) is 10.3 Å². The Morgan fingerprint density at radius 2 is 2.08 bits per heavy atom. The number of amides is 1. The van der Waals surface area contributed by atoms with Crippen molar-refractivity contribution in [3.63, 3.8) is 0 Å². The molecule has 1 fully saturated rings. The van der Waals surface area contributed by atoms with E-state index >= 15 is 0 Å². The van der Waals surface area contributed by atoms with Crippen LogP contribution >= 0.6 is 0 Å². The van der Waals surface area contributed by atoms with Crippen LogP contribution in [0.5, 0.6) is 0 Å². The molecule has 0 aromatic carbocycles. The van der Waals surface area contributed by atoms with Crippen molar-refractivity contribution in [2.75, 3.05) is 25.4 Å². The van der Waals surface area contributed by atoms with Gasteiger partial charge in [-0.2, -0.15) is 8.78 Å². The molecule has 0 radical (unpaired) electrons. The number of carbonyl (C=O) groups is 1. The molecule has 1 aliphatic heterocycles. The van der Waals surface area contributed by atoms with E-state index in [1.54, 1.807) is 0 Å². The zero-order valence-corrected chi connectivity index (χ0v) is 15.7. The molecule has 10 heteroatoms. The number of nitrogens with zero attached hydrogens (tertiary/aromatic N) is 3. The Labute approximate surface area is 152 Å². The Bertz CT molecular complexity index is 685. The topological polar surface area (TPSA) is 84.3 Å². The van der Waals surface area contributed by atoms with E-state index in [0.717, 1.165) is 11.0 Å². The summed E-state index contributed by atoms with van der Waals surface area (Å²) in [5.74, 6) is -0.0395. The number of nitrogens with one attached hydrogen (secondary N) is 1. The molecule has 1 aromatic rings. The molecule has 2 heterocycles. The number of sulfonamides is 1. The van der Waals surface area contributed by atoms with Crippen LogP contribution in [0.15, 0.2) is 12.4 Å². The van der Waals surface area contributed by atoms with Gasteiger partial charge in [0.25, 0.3) is 0 Å². The molecule has 2 rings (SSSR count). The maximum Gasteiger partial charge on any atom is 0.319 e. The Kier molecular flexibility index (Phi) is 7.51. The van der Waals surface area contributed by atoms with Crippen LogP contribution in [0.25, 0.3) is 0 Å². The maximum atomic E-state index is 12.7. The highest BCUT2D eigenvalue weighted by atomic mass is 32.2. The third-order valence-corrected chi connectivity index (χ3v) is 6.54. The minimum absolute atomic E-state index is 0.150. The normalized spacial score (nSPS) is 16.9. The smallest absolute Gasteiger partial charge is 0.319 e. The van der Waals surface area contributed by atoms with Crippen molar-refractivity contribution in [1.82, 2.24) is 19.2 Å². The second kappa shape index (κ2) is 9.40. The first-order chi connectivity index (χ1) is 12.3.